The maximum absolute atomic E-state index is 13.5. The Morgan fingerprint density at radius 2 is 1.84 bits per heavy atom. The van der Waals surface area contributed by atoms with Crippen LogP contribution in [-0.4, -0.2) is 18.5 Å². The molecule has 0 spiro atoms. The molecule has 5 nitrogen and oxygen atoms in total. The summed E-state index contributed by atoms with van der Waals surface area (Å²) in [4.78, 5) is 23.5. The number of hydrogen-bond donors (Lipinski definition) is 0. The second-order valence-corrected chi connectivity index (χ2v) is 4.83. The van der Waals surface area contributed by atoms with Gasteiger partial charge in [-0.1, -0.05) is 24.3 Å². The van der Waals surface area contributed by atoms with Gasteiger partial charge >= 0.3 is 11.9 Å². The van der Waals surface area contributed by atoms with Crippen LogP contribution in [0.4, 0.5) is 4.39 Å². The first kappa shape index (κ1) is 17.9. The summed E-state index contributed by atoms with van der Waals surface area (Å²) in [7, 11) is 0. The highest BCUT2D eigenvalue weighted by atomic mass is 19.1. The lowest BCUT2D eigenvalue weighted by atomic mass is 10.1. The first-order valence-electron chi connectivity index (χ1n) is 7.41. The molecule has 6 heteroatoms. The molecular weight excluding hydrogens is 325 g/mol. The molecule has 0 fully saturated rings. The molecule has 25 heavy (non-hydrogen) atoms. The van der Waals surface area contributed by atoms with Gasteiger partial charge in [-0.2, -0.15) is 5.26 Å². The fraction of sp³-hybridized carbons (Fsp3) is 0.105. The van der Waals surface area contributed by atoms with Gasteiger partial charge in [-0.05, 0) is 42.8 Å². The third-order valence-electron chi connectivity index (χ3n) is 3.11. The van der Waals surface area contributed by atoms with Gasteiger partial charge < -0.3 is 9.47 Å². The lowest BCUT2D eigenvalue weighted by Gasteiger charge is -2.05. The molecule has 0 bridgehead atoms. The summed E-state index contributed by atoms with van der Waals surface area (Å²) in [6, 6.07) is 13.3. The van der Waals surface area contributed by atoms with Gasteiger partial charge in [-0.15, -0.1) is 0 Å². The zero-order valence-electron chi connectivity index (χ0n) is 13.4. The number of halogens is 1. The van der Waals surface area contributed by atoms with Crippen molar-refractivity contribution in [3.8, 4) is 11.8 Å². The second kappa shape index (κ2) is 8.41. The van der Waals surface area contributed by atoms with Gasteiger partial charge in [-0.3, -0.25) is 0 Å². The van der Waals surface area contributed by atoms with Crippen molar-refractivity contribution in [3.63, 3.8) is 0 Å². The van der Waals surface area contributed by atoms with Crippen LogP contribution in [-0.2, 0) is 9.53 Å². The van der Waals surface area contributed by atoms with Gasteiger partial charge in [0.05, 0.1) is 12.2 Å². The zero-order valence-corrected chi connectivity index (χ0v) is 13.4. The maximum atomic E-state index is 13.5. The van der Waals surface area contributed by atoms with Crippen LogP contribution in [0.3, 0.4) is 0 Å². The molecule has 126 valence electrons. The summed E-state index contributed by atoms with van der Waals surface area (Å²) in [5, 5.41) is 8.99. The Morgan fingerprint density at radius 3 is 2.44 bits per heavy atom. The highest BCUT2D eigenvalue weighted by molar-refractivity contribution is 5.97. The molecule has 2 aromatic carbocycles. The first-order valence-corrected chi connectivity index (χ1v) is 7.41. The van der Waals surface area contributed by atoms with Crippen LogP contribution in [0.25, 0.3) is 6.08 Å². The monoisotopic (exact) mass is 339 g/mol. The van der Waals surface area contributed by atoms with Crippen molar-refractivity contribution in [2.45, 2.75) is 6.92 Å². The second-order valence-electron chi connectivity index (χ2n) is 4.83. The normalized spacial score (nSPS) is 10.7. The summed E-state index contributed by atoms with van der Waals surface area (Å²) in [6.07, 6.45) is 1.36. The van der Waals surface area contributed by atoms with E-state index >= 15 is 0 Å². The quantitative estimate of drug-likeness (QED) is 0.360. The van der Waals surface area contributed by atoms with E-state index in [0.29, 0.717) is 5.56 Å². The number of benzene rings is 2. The first-order chi connectivity index (χ1) is 12.0. The lowest BCUT2D eigenvalue weighted by molar-refractivity contribution is -0.137. The Bertz CT molecular complexity index is 850. The highest BCUT2D eigenvalue weighted by Gasteiger charge is 2.13. The average molecular weight is 339 g/mol. The molecule has 0 aromatic heterocycles. The van der Waals surface area contributed by atoms with E-state index in [1.807, 2.05) is 0 Å². The Kier molecular flexibility index (Phi) is 6.02. The molecule has 0 saturated carbocycles. The van der Waals surface area contributed by atoms with Crippen LogP contribution in [0.1, 0.15) is 22.8 Å². The third-order valence-corrected chi connectivity index (χ3v) is 3.11. The molecule has 0 saturated heterocycles. The van der Waals surface area contributed by atoms with E-state index < -0.39 is 17.8 Å². The molecule has 0 aliphatic carbocycles. The summed E-state index contributed by atoms with van der Waals surface area (Å²) in [5.74, 6) is -1.98. The lowest BCUT2D eigenvalue weighted by Crippen LogP contribution is -2.10. The van der Waals surface area contributed by atoms with Crippen molar-refractivity contribution in [1.82, 2.24) is 0 Å². The van der Waals surface area contributed by atoms with Crippen LogP contribution in [0.5, 0.6) is 5.75 Å². The van der Waals surface area contributed by atoms with E-state index in [4.69, 9.17) is 14.7 Å². The number of hydrogen-bond acceptors (Lipinski definition) is 5. The van der Waals surface area contributed by atoms with Crippen molar-refractivity contribution in [1.29, 1.82) is 5.26 Å². The van der Waals surface area contributed by atoms with Crippen molar-refractivity contribution >= 4 is 18.0 Å². The van der Waals surface area contributed by atoms with Crippen LogP contribution in [0.15, 0.2) is 54.1 Å². The van der Waals surface area contributed by atoms with E-state index in [1.54, 1.807) is 25.1 Å². The Morgan fingerprint density at radius 1 is 1.16 bits per heavy atom. The molecule has 0 heterocycles. The van der Waals surface area contributed by atoms with E-state index in [2.05, 4.69) is 0 Å². The molecule has 0 N–H and O–H groups in total. The molecule has 0 amide bonds. The van der Waals surface area contributed by atoms with Gasteiger partial charge in [0.2, 0.25) is 0 Å². The molecule has 0 aliphatic rings. The van der Waals surface area contributed by atoms with Gasteiger partial charge in [0.1, 0.15) is 23.2 Å². The Hall–Kier alpha value is -3.46. The SMILES string of the molecule is CCOC(=O)/C(C#N)=C/c1ccc(OC(=O)c2ccccc2F)cc1. The molecule has 0 radical (unpaired) electrons. The van der Waals surface area contributed by atoms with Crippen LogP contribution in [0, 0.1) is 17.1 Å². The van der Waals surface area contributed by atoms with E-state index in [1.165, 1.54) is 42.5 Å². The third kappa shape index (κ3) is 4.75. The topological polar surface area (TPSA) is 76.4 Å². The predicted octanol–water partition coefficient (Wildman–Crippen LogP) is 3.51. The Labute approximate surface area is 143 Å². The van der Waals surface area contributed by atoms with Gasteiger partial charge in [0.15, 0.2) is 0 Å². The standard InChI is InChI=1S/C19H14FNO4/c1-2-24-18(22)14(12-21)11-13-7-9-15(10-8-13)25-19(23)16-5-3-4-6-17(16)20/h3-11H,2H2,1H3/b14-11+. The predicted molar refractivity (Wildman–Crippen MR) is 88.0 cm³/mol. The minimum atomic E-state index is -0.814. The zero-order chi connectivity index (χ0) is 18.2. The molecule has 2 aromatic rings. The van der Waals surface area contributed by atoms with Crippen molar-refractivity contribution in [2.75, 3.05) is 6.61 Å². The van der Waals surface area contributed by atoms with Crippen molar-refractivity contribution < 1.29 is 23.5 Å². The van der Waals surface area contributed by atoms with E-state index in [0.717, 1.165) is 0 Å². The van der Waals surface area contributed by atoms with Gasteiger partial charge in [0.25, 0.3) is 0 Å². The summed E-state index contributed by atoms with van der Waals surface area (Å²) in [6.45, 7) is 1.81. The summed E-state index contributed by atoms with van der Waals surface area (Å²) in [5.41, 5.74) is 0.244. The number of rotatable bonds is 5. The van der Waals surface area contributed by atoms with E-state index in [9.17, 15) is 14.0 Å². The minimum absolute atomic E-state index is 0.141. The number of nitrogens with zero attached hydrogens (tertiary/aromatic N) is 1. The fourth-order valence-electron chi connectivity index (χ4n) is 1.93. The average Bonchev–Trinajstić information content (AvgIpc) is 2.61. The molecule has 0 unspecified atom stereocenters. The van der Waals surface area contributed by atoms with Crippen molar-refractivity contribution in [2.24, 2.45) is 0 Å². The summed E-state index contributed by atoms with van der Waals surface area (Å²) >= 11 is 0. The minimum Gasteiger partial charge on any atom is -0.462 e. The number of esters is 2. The smallest absolute Gasteiger partial charge is 0.348 e. The van der Waals surface area contributed by atoms with Gasteiger partial charge in [-0.25, -0.2) is 14.0 Å². The van der Waals surface area contributed by atoms with E-state index in [-0.39, 0.29) is 23.5 Å². The largest absolute Gasteiger partial charge is 0.462 e. The van der Waals surface area contributed by atoms with Gasteiger partial charge in [0, 0.05) is 0 Å². The molecule has 2 rings (SSSR count). The maximum Gasteiger partial charge on any atom is 0.348 e. The molecule has 0 atom stereocenters. The number of ether oxygens (including phenoxy) is 2. The van der Waals surface area contributed by atoms with Crippen LogP contribution >= 0.6 is 0 Å². The Balaban J connectivity index is 2.12. The number of carbonyl (C=O) groups excluding carboxylic acids is 2. The number of nitriles is 1. The number of carbonyl (C=O) groups is 2. The van der Waals surface area contributed by atoms with Crippen molar-refractivity contribution in [3.05, 3.63) is 71.0 Å². The van der Waals surface area contributed by atoms with Crippen LogP contribution in [0.2, 0.25) is 0 Å². The molecular formula is C19H14FNO4. The summed E-state index contributed by atoms with van der Waals surface area (Å²) < 4.78 is 23.4. The molecule has 0 aliphatic heterocycles. The fourth-order valence-corrected chi connectivity index (χ4v) is 1.93. The highest BCUT2D eigenvalue weighted by Crippen LogP contribution is 2.17. The van der Waals surface area contributed by atoms with Crippen LogP contribution < -0.4 is 4.74 Å².